The summed E-state index contributed by atoms with van der Waals surface area (Å²) in [6.07, 6.45) is 2.37. The first kappa shape index (κ1) is 14.2. The van der Waals surface area contributed by atoms with Crippen LogP contribution >= 0.6 is 0 Å². The Kier molecular flexibility index (Phi) is 5.15. The SMILES string of the molecule is Cc1ccc(CCC(O)CCS(C)(=O)=O)cc1. The molecule has 0 saturated heterocycles. The molecule has 1 aromatic carbocycles. The number of rotatable bonds is 6. The molecule has 0 aliphatic carbocycles. The molecule has 1 unspecified atom stereocenters. The Balaban J connectivity index is 2.33. The Labute approximate surface area is 103 Å². The molecule has 0 bridgehead atoms. The predicted molar refractivity (Wildman–Crippen MR) is 69.8 cm³/mol. The lowest BCUT2D eigenvalue weighted by atomic mass is 10.0. The van der Waals surface area contributed by atoms with Crippen molar-refractivity contribution < 1.29 is 13.5 Å². The molecule has 1 rings (SSSR count). The molecule has 1 atom stereocenters. The van der Waals surface area contributed by atoms with Gasteiger partial charge in [0.05, 0.1) is 11.9 Å². The zero-order valence-corrected chi connectivity index (χ0v) is 11.2. The minimum Gasteiger partial charge on any atom is -0.393 e. The van der Waals surface area contributed by atoms with Gasteiger partial charge in [-0.25, -0.2) is 8.42 Å². The van der Waals surface area contributed by atoms with Gasteiger partial charge in [0.1, 0.15) is 9.84 Å². The Morgan fingerprint density at radius 3 is 2.29 bits per heavy atom. The molecule has 0 saturated carbocycles. The summed E-state index contributed by atoms with van der Waals surface area (Å²) in [6, 6.07) is 8.16. The number of aryl methyl sites for hydroxylation is 2. The molecule has 0 aliphatic rings. The van der Waals surface area contributed by atoms with Gasteiger partial charge in [-0.15, -0.1) is 0 Å². The van der Waals surface area contributed by atoms with Crippen LogP contribution in [0.15, 0.2) is 24.3 Å². The number of sulfone groups is 1. The molecule has 1 N–H and O–H groups in total. The minimum atomic E-state index is -2.97. The number of aliphatic hydroxyl groups excluding tert-OH is 1. The van der Waals surface area contributed by atoms with Gasteiger partial charge in [-0.3, -0.25) is 0 Å². The second-order valence-electron chi connectivity index (χ2n) is 4.60. The largest absolute Gasteiger partial charge is 0.393 e. The third-order valence-corrected chi connectivity index (χ3v) is 3.69. The highest BCUT2D eigenvalue weighted by atomic mass is 32.2. The van der Waals surface area contributed by atoms with Crippen LogP contribution in [0.1, 0.15) is 24.0 Å². The summed E-state index contributed by atoms with van der Waals surface area (Å²) in [5, 5.41) is 9.66. The molecule has 0 heterocycles. The summed E-state index contributed by atoms with van der Waals surface area (Å²) >= 11 is 0. The third kappa shape index (κ3) is 6.44. The molecule has 0 amide bonds. The number of hydrogen-bond acceptors (Lipinski definition) is 3. The van der Waals surface area contributed by atoms with E-state index in [-0.39, 0.29) is 5.75 Å². The second kappa shape index (κ2) is 6.17. The molecule has 96 valence electrons. The van der Waals surface area contributed by atoms with Crippen molar-refractivity contribution in [1.29, 1.82) is 0 Å². The number of hydrogen-bond donors (Lipinski definition) is 1. The maximum absolute atomic E-state index is 10.9. The van der Waals surface area contributed by atoms with Gasteiger partial charge in [-0.2, -0.15) is 0 Å². The van der Waals surface area contributed by atoms with Gasteiger partial charge in [0.15, 0.2) is 0 Å². The van der Waals surface area contributed by atoms with E-state index in [4.69, 9.17) is 0 Å². The van der Waals surface area contributed by atoms with Gasteiger partial charge < -0.3 is 5.11 Å². The van der Waals surface area contributed by atoms with E-state index in [0.29, 0.717) is 12.8 Å². The lowest BCUT2D eigenvalue weighted by Gasteiger charge is -2.09. The van der Waals surface area contributed by atoms with E-state index in [1.165, 1.54) is 17.4 Å². The molecule has 0 aliphatic heterocycles. The average Bonchev–Trinajstić information content (AvgIpc) is 2.25. The van der Waals surface area contributed by atoms with E-state index in [9.17, 15) is 13.5 Å². The fourth-order valence-corrected chi connectivity index (χ4v) is 2.28. The molecular formula is C13H20O3S. The van der Waals surface area contributed by atoms with Crippen LogP contribution in [0, 0.1) is 6.92 Å². The van der Waals surface area contributed by atoms with Crippen LogP contribution in [0.5, 0.6) is 0 Å². The fraction of sp³-hybridized carbons (Fsp3) is 0.538. The summed E-state index contributed by atoms with van der Waals surface area (Å²) in [7, 11) is -2.97. The van der Waals surface area contributed by atoms with Crippen LogP contribution in [-0.4, -0.2) is 31.6 Å². The van der Waals surface area contributed by atoms with Crippen molar-refractivity contribution in [3.05, 3.63) is 35.4 Å². The average molecular weight is 256 g/mol. The summed E-state index contributed by atoms with van der Waals surface area (Å²) in [4.78, 5) is 0. The Morgan fingerprint density at radius 1 is 1.18 bits per heavy atom. The predicted octanol–water partition coefficient (Wildman–Crippen LogP) is 1.72. The zero-order valence-electron chi connectivity index (χ0n) is 10.4. The lowest BCUT2D eigenvalue weighted by Crippen LogP contribution is -2.14. The van der Waals surface area contributed by atoms with Crippen LogP contribution in [0.25, 0.3) is 0 Å². The smallest absolute Gasteiger partial charge is 0.147 e. The van der Waals surface area contributed by atoms with Gasteiger partial charge in [0.25, 0.3) is 0 Å². The Morgan fingerprint density at radius 2 is 1.76 bits per heavy atom. The summed E-state index contributed by atoms with van der Waals surface area (Å²) in [5.74, 6) is 0.0576. The molecule has 17 heavy (non-hydrogen) atoms. The van der Waals surface area contributed by atoms with Crippen LogP contribution in [0.2, 0.25) is 0 Å². The quantitative estimate of drug-likeness (QED) is 0.843. The molecule has 4 heteroatoms. The van der Waals surface area contributed by atoms with Crippen molar-refractivity contribution in [1.82, 2.24) is 0 Å². The highest BCUT2D eigenvalue weighted by molar-refractivity contribution is 7.90. The van der Waals surface area contributed by atoms with E-state index in [2.05, 4.69) is 0 Å². The van der Waals surface area contributed by atoms with E-state index in [0.717, 1.165) is 6.42 Å². The van der Waals surface area contributed by atoms with Crippen molar-refractivity contribution >= 4 is 9.84 Å². The van der Waals surface area contributed by atoms with Crippen molar-refractivity contribution in [3.8, 4) is 0 Å². The summed E-state index contributed by atoms with van der Waals surface area (Å²) < 4.78 is 21.9. The fourth-order valence-electron chi connectivity index (χ4n) is 1.58. The Bertz CT molecular complexity index is 434. The molecule has 0 spiro atoms. The van der Waals surface area contributed by atoms with E-state index < -0.39 is 15.9 Å². The summed E-state index contributed by atoms with van der Waals surface area (Å²) in [6.45, 7) is 2.03. The van der Waals surface area contributed by atoms with Crippen LogP contribution in [0.4, 0.5) is 0 Å². The standard InChI is InChI=1S/C13H20O3S/c1-11-3-5-12(6-4-11)7-8-13(14)9-10-17(2,15)16/h3-6,13-14H,7-10H2,1-2H3. The highest BCUT2D eigenvalue weighted by Crippen LogP contribution is 2.09. The highest BCUT2D eigenvalue weighted by Gasteiger charge is 2.09. The zero-order chi connectivity index (χ0) is 12.9. The molecule has 0 fully saturated rings. The van der Waals surface area contributed by atoms with Gasteiger partial charge >= 0.3 is 0 Å². The van der Waals surface area contributed by atoms with Gasteiger partial charge in [-0.1, -0.05) is 29.8 Å². The first-order valence-electron chi connectivity index (χ1n) is 5.78. The molecular weight excluding hydrogens is 236 g/mol. The monoisotopic (exact) mass is 256 g/mol. The van der Waals surface area contributed by atoms with Crippen molar-refractivity contribution in [3.63, 3.8) is 0 Å². The second-order valence-corrected chi connectivity index (χ2v) is 6.86. The van der Waals surface area contributed by atoms with Crippen LogP contribution in [-0.2, 0) is 16.3 Å². The number of aliphatic hydroxyl groups is 1. The first-order chi connectivity index (χ1) is 7.87. The van der Waals surface area contributed by atoms with Crippen molar-refractivity contribution in [2.75, 3.05) is 12.0 Å². The van der Waals surface area contributed by atoms with Gasteiger partial charge in [0.2, 0.25) is 0 Å². The minimum absolute atomic E-state index is 0.0576. The molecule has 0 aromatic heterocycles. The lowest BCUT2D eigenvalue weighted by molar-refractivity contribution is 0.161. The van der Waals surface area contributed by atoms with Crippen molar-refractivity contribution in [2.45, 2.75) is 32.3 Å². The van der Waals surface area contributed by atoms with Gasteiger partial charge in [-0.05, 0) is 31.7 Å². The van der Waals surface area contributed by atoms with Gasteiger partial charge in [0, 0.05) is 6.26 Å². The first-order valence-corrected chi connectivity index (χ1v) is 7.84. The Hall–Kier alpha value is -0.870. The maximum Gasteiger partial charge on any atom is 0.147 e. The van der Waals surface area contributed by atoms with E-state index in [1.807, 2.05) is 31.2 Å². The van der Waals surface area contributed by atoms with E-state index >= 15 is 0 Å². The maximum atomic E-state index is 10.9. The topological polar surface area (TPSA) is 54.4 Å². The summed E-state index contributed by atoms with van der Waals surface area (Å²) in [5.41, 5.74) is 2.39. The molecule has 1 aromatic rings. The van der Waals surface area contributed by atoms with Crippen molar-refractivity contribution in [2.24, 2.45) is 0 Å². The van der Waals surface area contributed by atoms with E-state index in [1.54, 1.807) is 0 Å². The third-order valence-electron chi connectivity index (χ3n) is 2.71. The van der Waals surface area contributed by atoms with Crippen LogP contribution < -0.4 is 0 Å². The molecule has 0 radical (unpaired) electrons. The normalized spacial score (nSPS) is 13.6. The molecule has 3 nitrogen and oxygen atoms in total. The van der Waals surface area contributed by atoms with Crippen LogP contribution in [0.3, 0.4) is 0 Å². The number of benzene rings is 1.